The van der Waals surface area contributed by atoms with Crippen molar-refractivity contribution in [2.24, 2.45) is 0 Å². The van der Waals surface area contributed by atoms with Crippen LogP contribution in [0, 0.1) is 6.92 Å². The van der Waals surface area contributed by atoms with E-state index in [-0.39, 0.29) is 0 Å². The molecule has 1 aromatic heterocycles. The summed E-state index contributed by atoms with van der Waals surface area (Å²) >= 11 is 0. The maximum atomic E-state index is 5.92. The molecular formula is C10H15N2+. The molecule has 12 heavy (non-hydrogen) atoms. The van der Waals surface area contributed by atoms with Crippen LogP contribution in [0.2, 0.25) is 0 Å². The summed E-state index contributed by atoms with van der Waals surface area (Å²) in [4.78, 5) is 3.39. The largest absolute Gasteiger partial charge is 0.398 e. The van der Waals surface area contributed by atoms with Gasteiger partial charge in [0.15, 0.2) is 11.4 Å². The Morgan fingerprint density at radius 2 is 2.08 bits per heavy atom. The number of nitrogens with two attached hydrogens (primary N) is 1. The van der Waals surface area contributed by atoms with Crippen LogP contribution < -0.4 is 10.7 Å². The maximum Gasteiger partial charge on any atom is 0.185 e. The molecule has 0 unspecified atom stereocenters. The minimum Gasteiger partial charge on any atom is -0.398 e. The Hall–Kier alpha value is -1.05. The Labute approximate surface area is 72.8 Å². The van der Waals surface area contributed by atoms with Crippen molar-refractivity contribution in [1.82, 2.24) is 0 Å². The van der Waals surface area contributed by atoms with E-state index in [4.69, 9.17) is 5.73 Å². The van der Waals surface area contributed by atoms with E-state index in [2.05, 4.69) is 11.9 Å². The molecule has 2 nitrogen and oxygen atoms in total. The SMILES string of the molecule is Cc1cc(N)c2c([nH+]1)CCCC2. The van der Waals surface area contributed by atoms with Crippen LogP contribution >= 0.6 is 0 Å². The van der Waals surface area contributed by atoms with Gasteiger partial charge in [0.2, 0.25) is 0 Å². The molecule has 2 heteroatoms. The summed E-state index contributed by atoms with van der Waals surface area (Å²) in [6.45, 7) is 2.06. The number of rotatable bonds is 0. The number of H-pyrrole nitrogens is 1. The summed E-state index contributed by atoms with van der Waals surface area (Å²) in [6.07, 6.45) is 4.90. The third-order valence-corrected chi connectivity index (χ3v) is 2.54. The quantitative estimate of drug-likeness (QED) is 0.614. The standard InChI is InChI=1S/C10H14N2/c1-7-6-9(11)8-4-2-3-5-10(8)12-7/h6H,2-5H2,1H3,(H2,11,12)/p+1. The molecule has 2 rings (SSSR count). The van der Waals surface area contributed by atoms with E-state index < -0.39 is 0 Å². The van der Waals surface area contributed by atoms with Crippen molar-refractivity contribution in [2.45, 2.75) is 32.6 Å². The molecule has 0 bridgehead atoms. The Morgan fingerprint density at radius 1 is 1.33 bits per heavy atom. The molecule has 0 saturated heterocycles. The number of aromatic amines is 1. The maximum absolute atomic E-state index is 5.92. The fraction of sp³-hybridized carbons (Fsp3) is 0.500. The van der Waals surface area contributed by atoms with Crippen LogP contribution in [0.4, 0.5) is 5.69 Å². The van der Waals surface area contributed by atoms with Gasteiger partial charge < -0.3 is 5.73 Å². The van der Waals surface area contributed by atoms with Crippen LogP contribution in [-0.4, -0.2) is 0 Å². The summed E-state index contributed by atoms with van der Waals surface area (Å²) in [5, 5.41) is 0. The number of anilines is 1. The first kappa shape index (κ1) is 7.59. The summed E-state index contributed by atoms with van der Waals surface area (Å²) in [5.74, 6) is 0. The smallest absolute Gasteiger partial charge is 0.185 e. The van der Waals surface area contributed by atoms with E-state index in [1.54, 1.807) is 0 Å². The highest BCUT2D eigenvalue weighted by atomic mass is 14.7. The minimum atomic E-state index is 0.973. The topological polar surface area (TPSA) is 40.2 Å². The van der Waals surface area contributed by atoms with Crippen LogP contribution in [0.25, 0.3) is 0 Å². The molecule has 1 aromatic rings. The average molecular weight is 163 g/mol. The fourth-order valence-corrected chi connectivity index (χ4v) is 1.96. The number of hydrogen-bond donors (Lipinski definition) is 1. The van der Waals surface area contributed by atoms with Gasteiger partial charge in [-0.1, -0.05) is 0 Å². The first-order chi connectivity index (χ1) is 5.77. The lowest BCUT2D eigenvalue weighted by atomic mass is 9.94. The molecule has 0 amide bonds. The van der Waals surface area contributed by atoms with Gasteiger partial charge in [0.1, 0.15) is 0 Å². The number of aromatic nitrogens is 1. The van der Waals surface area contributed by atoms with Crippen molar-refractivity contribution in [3.05, 3.63) is 23.0 Å². The lowest BCUT2D eigenvalue weighted by molar-refractivity contribution is -0.400. The molecule has 3 N–H and O–H groups in total. The lowest BCUT2D eigenvalue weighted by Gasteiger charge is -2.12. The van der Waals surface area contributed by atoms with Gasteiger partial charge in [0, 0.05) is 30.7 Å². The molecular weight excluding hydrogens is 148 g/mol. The second kappa shape index (κ2) is 2.77. The van der Waals surface area contributed by atoms with Gasteiger partial charge in [-0.25, -0.2) is 4.98 Å². The van der Waals surface area contributed by atoms with E-state index in [0.717, 1.165) is 12.1 Å². The Balaban J connectivity index is 2.53. The summed E-state index contributed by atoms with van der Waals surface area (Å²) in [7, 11) is 0. The third kappa shape index (κ3) is 1.17. The average Bonchev–Trinajstić information content (AvgIpc) is 2.04. The predicted molar refractivity (Wildman–Crippen MR) is 48.8 cm³/mol. The zero-order chi connectivity index (χ0) is 8.55. The summed E-state index contributed by atoms with van der Waals surface area (Å²) in [5.41, 5.74) is 10.8. The highest BCUT2D eigenvalue weighted by Crippen LogP contribution is 2.22. The van der Waals surface area contributed by atoms with Crippen molar-refractivity contribution < 1.29 is 4.98 Å². The first-order valence-electron chi connectivity index (χ1n) is 4.57. The van der Waals surface area contributed by atoms with Crippen molar-refractivity contribution in [3.63, 3.8) is 0 Å². The van der Waals surface area contributed by atoms with E-state index in [1.807, 2.05) is 6.07 Å². The van der Waals surface area contributed by atoms with E-state index in [0.29, 0.717) is 0 Å². The predicted octanol–water partition coefficient (Wildman–Crippen LogP) is 1.27. The summed E-state index contributed by atoms with van der Waals surface area (Å²) in [6, 6.07) is 2.03. The van der Waals surface area contributed by atoms with Gasteiger partial charge in [-0.05, 0) is 19.3 Å². The normalized spacial score (nSPS) is 15.8. The molecule has 0 fully saturated rings. The molecule has 1 aliphatic carbocycles. The lowest BCUT2D eigenvalue weighted by Crippen LogP contribution is -2.22. The Bertz CT molecular complexity index is 305. The molecule has 64 valence electrons. The minimum absolute atomic E-state index is 0.973. The van der Waals surface area contributed by atoms with Crippen molar-refractivity contribution in [2.75, 3.05) is 5.73 Å². The van der Waals surface area contributed by atoms with Crippen LogP contribution in [0.15, 0.2) is 6.07 Å². The van der Waals surface area contributed by atoms with Crippen molar-refractivity contribution >= 4 is 5.69 Å². The summed E-state index contributed by atoms with van der Waals surface area (Å²) < 4.78 is 0. The van der Waals surface area contributed by atoms with Crippen LogP contribution in [0.5, 0.6) is 0 Å². The Kier molecular flexibility index (Phi) is 1.75. The van der Waals surface area contributed by atoms with Gasteiger partial charge >= 0.3 is 0 Å². The number of fused-ring (bicyclic) bond motifs is 1. The molecule has 1 aliphatic rings. The highest BCUT2D eigenvalue weighted by Gasteiger charge is 2.18. The molecule has 0 saturated carbocycles. The van der Waals surface area contributed by atoms with Crippen molar-refractivity contribution in [1.29, 1.82) is 0 Å². The second-order valence-corrected chi connectivity index (χ2v) is 3.57. The van der Waals surface area contributed by atoms with Crippen LogP contribution in [0.3, 0.4) is 0 Å². The van der Waals surface area contributed by atoms with Gasteiger partial charge in [0.25, 0.3) is 0 Å². The molecule has 0 atom stereocenters. The number of pyridine rings is 1. The number of nitrogen functional groups attached to an aromatic ring is 1. The zero-order valence-corrected chi connectivity index (χ0v) is 7.48. The van der Waals surface area contributed by atoms with Gasteiger partial charge in [-0.3, -0.25) is 0 Å². The zero-order valence-electron chi connectivity index (χ0n) is 7.48. The fourth-order valence-electron chi connectivity index (χ4n) is 1.96. The van der Waals surface area contributed by atoms with Gasteiger partial charge in [-0.2, -0.15) is 0 Å². The van der Waals surface area contributed by atoms with E-state index in [9.17, 15) is 0 Å². The van der Waals surface area contributed by atoms with Gasteiger partial charge in [-0.15, -0.1) is 0 Å². The second-order valence-electron chi connectivity index (χ2n) is 3.57. The third-order valence-electron chi connectivity index (χ3n) is 2.54. The molecule has 0 aliphatic heterocycles. The van der Waals surface area contributed by atoms with Crippen molar-refractivity contribution in [3.8, 4) is 0 Å². The number of hydrogen-bond acceptors (Lipinski definition) is 1. The molecule has 0 aromatic carbocycles. The van der Waals surface area contributed by atoms with Crippen LogP contribution in [0.1, 0.15) is 29.8 Å². The monoisotopic (exact) mass is 163 g/mol. The highest BCUT2D eigenvalue weighted by molar-refractivity contribution is 5.48. The number of nitrogens with one attached hydrogen (secondary N) is 1. The molecule has 0 spiro atoms. The molecule has 1 heterocycles. The Morgan fingerprint density at radius 3 is 2.92 bits per heavy atom. The number of aryl methyl sites for hydroxylation is 2. The van der Waals surface area contributed by atoms with Crippen LogP contribution in [-0.2, 0) is 12.8 Å². The first-order valence-corrected chi connectivity index (χ1v) is 4.57. The van der Waals surface area contributed by atoms with E-state index in [1.165, 1.54) is 36.2 Å². The van der Waals surface area contributed by atoms with E-state index >= 15 is 0 Å². The van der Waals surface area contributed by atoms with Gasteiger partial charge in [0.05, 0.1) is 0 Å². The molecule has 0 radical (unpaired) electrons.